The maximum atomic E-state index is 10.3. The van der Waals surface area contributed by atoms with Crippen molar-refractivity contribution < 1.29 is 5.11 Å². The Labute approximate surface area is 130 Å². The third kappa shape index (κ3) is 3.14. The van der Waals surface area contributed by atoms with Gasteiger partial charge in [-0.2, -0.15) is 5.10 Å². The Bertz CT molecular complexity index is 613. The molecule has 0 bridgehead atoms. The van der Waals surface area contributed by atoms with Crippen molar-refractivity contribution >= 4 is 39.1 Å². The molecule has 0 aliphatic heterocycles. The summed E-state index contributed by atoms with van der Waals surface area (Å²) in [6.07, 6.45) is -0.321. The third-order valence-corrected chi connectivity index (χ3v) is 4.25. The number of hydrogen-bond acceptors (Lipinski definition) is 2. The lowest BCUT2D eigenvalue weighted by molar-refractivity contribution is 0.178. The van der Waals surface area contributed by atoms with Crippen LogP contribution in [0.3, 0.4) is 0 Å². The van der Waals surface area contributed by atoms with E-state index < -0.39 is 6.10 Å². The standard InChI is InChI=1S/C13H13BrCl2N2O/c1-7-12(13(16)18(2)17-7)11(19)5-8-3-4-9(14)6-10(8)15/h3-4,6,11,19H,5H2,1-2H3. The quantitative estimate of drug-likeness (QED) is 0.892. The Balaban J connectivity index is 2.28. The topological polar surface area (TPSA) is 38.0 Å². The number of nitrogens with zero attached hydrogens (tertiary/aromatic N) is 2. The highest BCUT2D eigenvalue weighted by molar-refractivity contribution is 9.10. The van der Waals surface area contributed by atoms with E-state index >= 15 is 0 Å². The van der Waals surface area contributed by atoms with Crippen molar-refractivity contribution in [3.8, 4) is 0 Å². The molecule has 2 aromatic rings. The van der Waals surface area contributed by atoms with E-state index in [-0.39, 0.29) is 0 Å². The van der Waals surface area contributed by atoms with Gasteiger partial charge in [-0.1, -0.05) is 45.2 Å². The second-order valence-corrected chi connectivity index (χ2v) is 6.05. The van der Waals surface area contributed by atoms with Crippen LogP contribution in [0, 0.1) is 6.92 Å². The van der Waals surface area contributed by atoms with Crippen molar-refractivity contribution in [1.82, 2.24) is 9.78 Å². The largest absolute Gasteiger partial charge is 0.388 e. The van der Waals surface area contributed by atoms with E-state index in [2.05, 4.69) is 21.0 Å². The van der Waals surface area contributed by atoms with Crippen molar-refractivity contribution in [1.29, 1.82) is 0 Å². The predicted octanol–water partition coefficient (Wildman–Crippen LogP) is 4.07. The maximum absolute atomic E-state index is 10.3. The lowest BCUT2D eigenvalue weighted by Gasteiger charge is -2.12. The normalized spacial score (nSPS) is 12.7. The zero-order valence-corrected chi connectivity index (χ0v) is 13.6. The number of aryl methyl sites for hydroxylation is 2. The van der Waals surface area contributed by atoms with Gasteiger partial charge in [-0.25, -0.2) is 0 Å². The molecule has 1 aromatic heterocycles. The number of hydrogen-bond donors (Lipinski definition) is 1. The molecule has 1 N–H and O–H groups in total. The molecule has 1 unspecified atom stereocenters. The van der Waals surface area contributed by atoms with Crippen LogP contribution in [0.2, 0.25) is 10.2 Å². The molecule has 0 aliphatic carbocycles. The molecule has 0 saturated heterocycles. The maximum Gasteiger partial charge on any atom is 0.132 e. The van der Waals surface area contributed by atoms with Gasteiger partial charge in [0, 0.05) is 28.5 Å². The first-order valence-corrected chi connectivity index (χ1v) is 7.26. The number of rotatable bonds is 3. The molecular weight excluding hydrogens is 351 g/mol. The molecule has 1 aromatic carbocycles. The molecule has 19 heavy (non-hydrogen) atoms. The van der Waals surface area contributed by atoms with E-state index in [4.69, 9.17) is 23.2 Å². The second-order valence-electron chi connectivity index (χ2n) is 4.37. The van der Waals surface area contributed by atoms with Crippen LogP contribution in [-0.2, 0) is 13.5 Å². The molecule has 6 heteroatoms. The predicted molar refractivity (Wildman–Crippen MR) is 80.8 cm³/mol. The summed E-state index contributed by atoms with van der Waals surface area (Å²) in [6, 6.07) is 5.59. The summed E-state index contributed by atoms with van der Waals surface area (Å²) >= 11 is 15.6. The van der Waals surface area contributed by atoms with E-state index in [0.29, 0.717) is 22.2 Å². The number of aliphatic hydroxyl groups is 1. The minimum atomic E-state index is -0.722. The first kappa shape index (κ1) is 14.9. The lowest BCUT2D eigenvalue weighted by atomic mass is 10.0. The van der Waals surface area contributed by atoms with Gasteiger partial charge in [-0.3, -0.25) is 4.68 Å². The number of aromatic nitrogens is 2. The highest BCUT2D eigenvalue weighted by Crippen LogP contribution is 2.31. The molecule has 102 valence electrons. The molecule has 0 spiro atoms. The summed E-state index contributed by atoms with van der Waals surface area (Å²) in [5, 5.41) is 15.6. The molecular formula is C13H13BrCl2N2O. The van der Waals surface area contributed by atoms with Crippen LogP contribution in [0.25, 0.3) is 0 Å². The van der Waals surface area contributed by atoms with Gasteiger partial charge in [0.15, 0.2) is 0 Å². The zero-order valence-electron chi connectivity index (χ0n) is 10.5. The van der Waals surface area contributed by atoms with Gasteiger partial charge in [-0.05, 0) is 24.6 Å². The molecule has 0 aliphatic rings. The van der Waals surface area contributed by atoms with Gasteiger partial charge in [0.25, 0.3) is 0 Å². The molecule has 0 fully saturated rings. The summed E-state index contributed by atoms with van der Waals surface area (Å²) in [6.45, 7) is 1.83. The fourth-order valence-corrected chi connectivity index (χ4v) is 3.07. The molecule has 1 atom stereocenters. The smallest absolute Gasteiger partial charge is 0.132 e. The number of halogens is 3. The molecule has 2 rings (SSSR count). The SMILES string of the molecule is Cc1nn(C)c(Cl)c1C(O)Cc1ccc(Br)cc1Cl. The van der Waals surface area contributed by atoms with Crippen molar-refractivity contribution in [2.75, 3.05) is 0 Å². The fraction of sp³-hybridized carbons (Fsp3) is 0.308. The summed E-state index contributed by atoms with van der Waals surface area (Å²) < 4.78 is 2.46. The van der Waals surface area contributed by atoms with Crippen LogP contribution in [0.1, 0.15) is 22.9 Å². The van der Waals surface area contributed by atoms with Gasteiger partial charge in [0.2, 0.25) is 0 Å². The zero-order chi connectivity index (χ0) is 14.2. The number of benzene rings is 1. The highest BCUT2D eigenvalue weighted by Gasteiger charge is 2.20. The Kier molecular flexibility index (Phi) is 4.56. The lowest BCUT2D eigenvalue weighted by Crippen LogP contribution is -2.04. The van der Waals surface area contributed by atoms with Crippen molar-refractivity contribution in [3.05, 3.63) is 49.7 Å². The van der Waals surface area contributed by atoms with Gasteiger partial charge < -0.3 is 5.11 Å². The van der Waals surface area contributed by atoms with E-state index in [1.807, 2.05) is 19.1 Å². The summed E-state index contributed by atoms with van der Waals surface area (Å²) in [5.41, 5.74) is 2.26. The van der Waals surface area contributed by atoms with Crippen LogP contribution in [0.15, 0.2) is 22.7 Å². The van der Waals surface area contributed by atoms with Crippen LogP contribution >= 0.6 is 39.1 Å². The summed E-state index contributed by atoms with van der Waals surface area (Å²) in [7, 11) is 1.75. The van der Waals surface area contributed by atoms with Crippen LogP contribution < -0.4 is 0 Å². The van der Waals surface area contributed by atoms with E-state index in [0.717, 1.165) is 15.7 Å². The van der Waals surface area contributed by atoms with Gasteiger partial charge in [-0.15, -0.1) is 0 Å². The summed E-state index contributed by atoms with van der Waals surface area (Å²) in [4.78, 5) is 0. The van der Waals surface area contributed by atoms with Crippen molar-refractivity contribution in [2.24, 2.45) is 7.05 Å². The van der Waals surface area contributed by atoms with Crippen LogP contribution in [0.4, 0.5) is 0 Å². The Morgan fingerprint density at radius 2 is 2.11 bits per heavy atom. The molecule has 3 nitrogen and oxygen atoms in total. The summed E-state index contributed by atoms with van der Waals surface area (Å²) in [5.74, 6) is 0. The molecule has 0 saturated carbocycles. The second kappa shape index (κ2) is 5.83. The first-order valence-electron chi connectivity index (χ1n) is 5.71. The Hall–Kier alpha value is -0.550. The minimum Gasteiger partial charge on any atom is -0.388 e. The van der Waals surface area contributed by atoms with E-state index in [1.165, 1.54) is 0 Å². The first-order chi connectivity index (χ1) is 8.90. The van der Waals surface area contributed by atoms with Crippen molar-refractivity contribution in [3.63, 3.8) is 0 Å². The fourth-order valence-electron chi connectivity index (χ4n) is 2.02. The van der Waals surface area contributed by atoms with Crippen LogP contribution in [0.5, 0.6) is 0 Å². The average Bonchev–Trinajstić information content (AvgIpc) is 2.57. The average molecular weight is 364 g/mol. The third-order valence-electron chi connectivity index (χ3n) is 2.96. The molecule has 1 heterocycles. The Morgan fingerprint density at radius 3 is 2.63 bits per heavy atom. The number of aliphatic hydroxyl groups excluding tert-OH is 1. The highest BCUT2D eigenvalue weighted by atomic mass is 79.9. The van der Waals surface area contributed by atoms with Gasteiger partial charge in [0.05, 0.1) is 11.8 Å². The van der Waals surface area contributed by atoms with Crippen molar-refractivity contribution in [2.45, 2.75) is 19.4 Å². The van der Waals surface area contributed by atoms with Crippen LogP contribution in [-0.4, -0.2) is 14.9 Å². The minimum absolute atomic E-state index is 0.401. The van der Waals surface area contributed by atoms with Gasteiger partial charge >= 0.3 is 0 Å². The molecule has 0 amide bonds. The molecule has 0 radical (unpaired) electrons. The van der Waals surface area contributed by atoms with E-state index in [9.17, 15) is 5.11 Å². The van der Waals surface area contributed by atoms with E-state index in [1.54, 1.807) is 17.8 Å². The Morgan fingerprint density at radius 1 is 1.42 bits per heavy atom. The monoisotopic (exact) mass is 362 g/mol. The van der Waals surface area contributed by atoms with Gasteiger partial charge in [0.1, 0.15) is 5.15 Å².